The van der Waals surface area contributed by atoms with Crippen LogP contribution in [0.4, 0.5) is 5.82 Å². The molecule has 2 N–H and O–H groups in total. The number of nitrogens with one attached hydrogen (secondary N) is 2. The molecule has 1 aliphatic heterocycles. The average Bonchev–Trinajstić information content (AvgIpc) is 2.42. The summed E-state index contributed by atoms with van der Waals surface area (Å²) in [7, 11) is 0. The van der Waals surface area contributed by atoms with Crippen LogP contribution in [0.5, 0.6) is 0 Å². The Balaban J connectivity index is 1.81. The Morgan fingerprint density at radius 2 is 2.11 bits per heavy atom. The van der Waals surface area contributed by atoms with Crippen LogP contribution in [0.25, 0.3) is 0 Å². The molecule has 1 aromatic heterocycles. The normalized spacial score (nSPS) is 17.8. The van der Waals surface area contributed by atoms with E-state index < -0.39 is 0 Å². The molecule has 0 radical (unpaired) electrons. The summed E-state index contributed by atoms with van der Waals surface area (Å²) < 4.78 is 0. The molecular formula is C13H19ClN4S. The molecular weight excluding hydrogens is 280 g/mol. The highest BCUT2D eigenvalue weighted by Gasteiger charge is 2.16. The molecule has 1 aromatic rings. The highest BCUT2D eigenvalue weighted by molar-refractivity contribution is 7.80. The van der Waals surface area contributed by atoms with Crippen molar-refractivity contribution in [1.29, 1.82) is 0 Å². The molecule has 4 nitrogen and oxygen atoms in total. The SMILES string of the molecule is CC(NC(=S)Nc1ccc(Cl)cn1)N1CCCCC1. The zero-order chi connectivity index (χ0) is 13.7. The van der Waals surface area contributed by atoms with Gasteiger partial charge in [0.15, 0.2) is 5.11 Å². The van der Waals surface area contributed by atoms with Gasteiger partial charge in [0.2, 0.25) is 0 Å². The van der Waals surface area contributed by atoms with Gasteiger partial charge < -0.3 is 10.6 Å². The molecule has 1 atom stereocenters. The molecule has 0 amide bonds. The van der Waals surface area contributed by atoms with Crippen molar-refractivity contribution in [3.63, 3.8) is 0 Å². The minimum atomic E-state index is 0.243. The van der Waals surface area contributed by atoms with Gasteiger partial charge in [0, 0.05) is 19.3 Å². The van der Waals surface area contributed by atoms with E-state index in [0.29, 0.717) is 16.0 Å². The fourth-order valence-electron chi connectivity index (χ4n) is 2.19. The van der Waals surface area contributed by atoms with E-state index in [0.717, 1.165) is 13.1 Å². The number of rotatable bonds is 3. The maximum atomic E-state index is 5.79. The van der Waals surface area contributed by atoms with Crippen molar-refractivity contribution in [3.05, 3.63) is 23.4 Å². The Hall–Kier alpha value is -0.910. The van der Waals surface area contributed by atoms with Crippen molar-refractivity contribution in [2.45, 2.75) is 32.4 Å². The first-order valence-electron chi connectivity index (χ1n) is 6.58. The van der Waals surface area contributed by atoms with Crippen LogP contribution < -0.4 is 10.6 Å². The monoisotopic (exact) mass is 298 g/mol. The third-order valence-corrected chi connectivity index (χ3v) is 3.69. The van der Waals surface area contributed by atoms with Crippen molar-refractivity contribution in [3.8, 4) is 0 Å². The lowest BCUT2D eigenvalue weighted by Gasteiger charge is -2.33. The number of thiocarbonyl (C=S) groups is 1. The van der Waals surface area contributed by atoms with Crippen LogP contribution in [-0.2, 0) is 0 Å². The van der Waals surface area contributed by atoms with Gasteiger partial charge in [0.05, 0.1) is 11.2 Å². The lowest BCUT2D eigenvalue weighted by atomic mass is 10.1. The van der Waals surface area contributed by atoms with Crippen molar-refractivity contribution >= 4 is 34.7 Å². The van der Waals surface area contributed by atoms with Crippen LogP contribution >= 0.6 is 23.8 Å². The fraction of sp³-hybridized carbons (Fsp3) is 0.538. The number of halogens is 1. The topological polar surface area (TPSA) is 40.2 Å². The van der Waals surface area contributed by atoms with Crippen molar-refractivity contribution in [2.75, 3.05) is 18.4 Å². The number of hydrogen-bond acceptors (Lipinski definition) is 3. The van der Waals surface area contributed by atoms with Gasteiger partial charge in [-0.25, -0.2) is 4.98 Å². The average molecular weight is 299 g/mol. The minimum absolute atomic E-state index is 0.243. The molecule has 2 heterocycles. The van der Waals surface area contributed by atoms with Gasteiger partial charge in [-0.15, -0.1) is 0 Å². The number of piperidine rings is 1. The van der Waals surface area contributed by atoms with Crippen molar-refractivity contribution in [1.82, 2.24) is 15.2 Å². The van der Waals surface area contributed by atoms with E-state index in [1.807, 2.05) is 6.07 Å². The Bertz CT molecular complexity index is 417. The lowest BCUT2D eigenvalue weighted by molar-refractivity contribution is 0.164. The van der Waals surface area contributed by atoms with Crippen LogP contribution in [-0.4, -0.2) is 34.3 Å². The van der Waals surface area contributed by atoms with E-state index in [4.69, 9.17) is 23.8 Å². The third kappa shape index (κ3) is 4.60. The number of pyridine rings is 1. The predicted molar refractivity (Wildman–Crippen MR) is 83.5 cm³/mol. The third-order valence-electron chi connectivity index (χ3n) is 3.25. The summed E-state index contributed by atoms with van der Waals surface area (Å²) >= 11 is 11.1. The second-order valence-corrected chi connectivity index (χ2v) is 5.58. The van der Waals surface area contributed by atoms with Gasteiger partial charge in [-0.3, -0.25) is 4.90 Å². The Labute approximate surface area is 124 Å². The van der Waals surface area contributed by atoms with Crippen LogP contribution in [0.2, 0.25) is 5.02 Å². The van der Waals surface area contributed by atoms with Gasteiger partial charge in [-0.05, 0) is 44.1 Å². The molecule has 1 aliphatic rings. The van der Waals surface area contributed by atoms with E-state index in [9.17, 15) is 0 Å². The summed E-state index contributed by atoms with van der Waals surface area (Å²) in [6, 6.07) is 3.59. The molecule has 104 valence electrons. The van der Waals surface area contributed by atoms with Crippen LogP contribution in [0, 0.1) is 0 Å². The summed E-state index contributed by atoms with van der Waals surface area (Å²) in [5.41, 5.74) is 0. The Morgan fingerprint density at radius 3 is 2.74 bits per heavy atom. The largest absolute Gasteiger partial charge is 0.347 e. The molecule has 0 aromatic carbocycles. The van der Waals surface area contributed by atoms with E-state index in [-0.39, 0.29) is 6.17 Å². The van der Waals surface area contributed by atoms with Crippen LogP contribution in [0.1, 0.15) is 26.2 Å². The molecule has 6 heteroatoms. The molecule has 0 spiro atoms. The first-order chi connectivity index (χ1) is 9.15. The first kappa shape index (κ1) is 14.5. The van der Waals surface area contributed by atoms with Crippen LogP contribution in [0.3, 0.4) is 0 Å². The number of hydrogen-bond donors (Lipinski definition) is 2. The molecule has 0 bridgehead atoms. The summed E-state index contributed by atoms with van der Waals surface area (Å²) in [5, 5.41) is 7.56. The molecule has 1 fully saturated rings. The predicted octanol–water partition coefficient (Wildman–Crippen LogP) is 2.85. The van der Waals surface area contributed by atoms with Gasteiger partial charge in [0.25, 0.3) is 0 Å². The zero-order valence-corrected chi connectivity index (χ0v) is 12.6. The summed E-state index contributed by atoms with van der Waals surface area (Å²) in [5.74, 6) is 0.702. The molecule has 0 aliphatic carbocycles. The maximum absolute atomic E-state index is 5.79. The van der Waals surface area contributed by atoms with Gasteiger partial charge >= 0.3 is 0 Å². The molecule has 1 unspecified atom stereocenters. The second kappa shape index (κ2) is 7.03. The van der Waals surface area contributed by atoms with Gasteiger partial charge in [0.1, 0.15) is 5.82 Å². The van der Waals surface area contributed by atoms with E-state index in [1.54, 1.807) is 12.3 Å². The Kier molecular flexibility index (Phi) is 5.36. The molecule has 1 saturated heterocycles. The highest BCUT2D eigenvalue weighted by atomic mass is 35.5. The molecule has 2 rings (SSSR count). The van der Waals surface area contributed by atoms with Gasteiger partial charge in [-0.2, -0.15) is 0 Å². The minimum Gasteiger partial charge on any atom is -0.347 e. The summed E-state index contributed by atoms with van der Waals surface area (Å²) in [6.07, 6.45) is 5.71. The number of anilines is 1. The fourth-order valence-corrected chi connectivity index (χ4v) is 2.58. The van der Waals surface area contributed by atoms with E-state index >= 15 is 0 Å². The number of nitrogens with zero attached hydrogens (tertiary/aromatic N) is 2. The van der Waals surface area contributed by atoms with E-state index in [1.165, 1.54) is 19.3 Å². The molecule has 19 heavy (non-hydrogen) atoms. The number of aromatic nitrogens is 1. The first-order valence-corrected chi connectivity index (χ1v) is 7.37. The Morgan fingerprint density at radius 1 is 1.37 bits per heavy atom. The number of likely N-dealkylation sites (tertiary alicyclic amines) is 1. The lowest BCUT2D eigenvalue weighted by Crippen LogP contribution is -2.49. The zero-order valence-electron chi connectivity index (χ0n) is 11.0. The standard InChI is InChI=1S/C13H19ClN4S/c1-10(18-7-3-2-4-8-18)16-13(19)17-12-6-5-11(14)9-15-12/h5-6,9-10H,2-4,7-8H2,1H3,(H2,15,16,17,19). The second-order valence-electron chi connectivity index (χ2n) is 4.73. The van der Waals surface area contributed by atoms with Crippen LogP contribution in [0.15, 0.2) is 18.3 Å². The quantitative estimate of drug-likeness (QED) is 0.840. The summed E-state index contributed by atoms with van der Waals surface area (Å²) in [6.45, 7) is 4.40. The van der Waals surface area contributed by atoms with Crippen molar-refractivity contribution in [2.24, 2.45) is 0 Å². The van der Waals surface area contributed by atoms with Gasteiger partial charge in [-0.1, -0.05) is 18.0 Å². The van der Waals surface area contributed by atoms with Crippen molar-refractivity contribution < 1.29 is 0 Å². The summed E-state index contributed by atoms with van der Waals surface area (Å²) in [4.78, 5) is 6.56. The van der Waals surface area contributed by atoms with E-state index in [2.05, 4.69) is 27.4 Å². The highest BCUT2D eigenvalue weighted by Crippen LogP contribution is 2.11. The maximum Gasteiger partial charge on any atom is 0.173 e. The smallest absolute Gasteiger partial charge is 0.173 e. The molecule has 0 saturated carbocycles.